The van der Waals surface area contributed by atoms with Gasteiger partial charge in [-0.1, -0.05) is 113 Å². The monoisotopic (exact) mass is 626 g/mol. The van der Waals surface area contributed by atoms with Crippen molar-refractivity contribution in [1.29, 1.82) is 0 Å². The van der Waals surface area contributed by atoms with E-state index in [4.69, 9.17) is 67.2 Å². The number of fused-ring (bicyclic) bond motifs is 6. The summed E-state index contributed by atoms with van der Waals surface area (Å²) >= 11 is 0. The van der Waals surface area contributed by atoms with E-state index in [-0.39, 0.29) is 43.7 Å². The predicted octanol–water partition coefficient (Wildman–Crippen LogP) is 2.40. The molecule has 0 unspecified atom stereocenters. The molecule has 9 heteroatoms. The van der Waals surface area contributed by atoms with E-state index in [2.05, 4.69) is 18.2 Å². The average molecular weight is 625 g/mol. The summed E-state index contributed by atoms with van der Waals surface area (Å²) in [6.07, 6.45) is 0. The van der Waals surface area contributed by atoms with Crippen LogP contribution in [0.4, 0.5) is 0 Å². The molecule has 0 aliphatic carbocycles. The third-order valence-corrected chi connectivity index (χ3v) is 10.2. The van der Waals surface area contributed by atoms with Gasteiger partial charge in [-0.2, -0.15) is 0 Å². The van der Waals surface area contributed by atoms with E-state index in [1.807, 2.05) is 91.0 Å². The Bertz CT molecular complexity index is 2870. The van der Waals surface area contributed by atoms with Crippen molar-refractivity contribution >= 4 is 161 Å². The van der Waals surface area contributed by atoms with Crippen molar-refractivity contribution in [2.45, 2.75) is 0 Å². The molecule has 8 aromatic carbocycles. The topological polar surface area (TPSA) is 13.1 Å². The Morgan fingerprint density at radius 3 is 1.35 bits per heavy atom. The summed E-state index contributed by atoms with van der Waals surface area (Å²) in [5, 5.41) is 6.12. The molecular formula is C42H18B8O. The van der Waals surface area contributed by atoms with Gasteiger partial charge >= 0.3 is 0 Å². The maximum atomic E-state index is 7.06. The van der Waals surface area contributed by atoms with Crippen molar-refractivity contribution < 1.29 is 4.42 Å². The molecule has 0 amide bonds. The quantitative estimate of drug-likeness (QED) is 0.218. The van der Waals surface area contributed by atoms with Crippen LogP contribution in [-0.4, -0.2) is 62.8 Å². The molecular weight excluding hydrogens is 607 g/mol. The summed E-state index contributed by atoms with van der Waals surface area (Å²) < 4.78 is 6.50. The fourth-order valence-electron chi connectivity index (χ4n) is 7.78. The van der Waals surface area contributed by atoms with Gasteiger partial charge in [-0.25, -0.2) is 0 Å². The molecule has 9 aromatic rings. The zero-order valence-electron chi connectivity index (χ0n) is 27.4. The minimum atomic E-state index is 0.160. The average Bonchev–Trinajstić information content (AvgIpc) is 3.53. The van der Waals surface area contributed by atoms with Gasteiger partial charge in [0.05, 0.1) is 0 Å². The molecule has 16 radical (unpaired) electrons. The largest absolute Gasteiger partial charge is 0.456 e. The normalized spacial score (nSPS) is 11.8. The summed E-state index contributed by atoms with van der Waals surface area (Å²) in [6.45, 7) is 0. The van der Waals surface area contributed by atoms with Gasteiger partial charge in [-0.05, 0) is 83.9 Å². The lowest BCUT2D eigenvalue weighted by atomic mass is 9.59. The van der Waals surface area contributed by atoms with Crippen molar-refractivity contribution in [3.05, 3.63) is 109 Å². The van der Waals surface area contributed by atoms with Gasteiger partial charge in [0.25, 0.3) is 0 Å². The smallest absolute Gasteiger partial charge is 0.136 e. The molecule has 0 aliphatic heterocycles. The molecule has 216 valence electrons. The predicted molar refractivity (Wildman–Crippen MR) is 226 cm³/mol. The third kappa shape index (κ3) is 4.53. The minimum Gasteiger partial charge on any atom is -0.456 e. The van der Waals surface area contributed by atoms with Crippen LogP contribution in [0.2, 0.25) is 0 Å². The summed E-state index contributed by atoms with van der Waals surface area (Å²) in [7, 11) is 54.9. The Morgan fingerprint density at radius 2 is 0.784 bits per heavy atom. The van der Waals surface area contributed by atoms with Crippen molar-refractivity contribution in [1.82, 2.24) is 0 Å². The van der Waals surface area contributed by atoms with Crippen LogP contribution in [-0.2, 0) is 0 Å². The van der Waals surface area contributed by atoms with E-state index in [1.165, 1.54) is 0 Å². The number of hydrogen-bond acceptors (Lipinski definition) is 1. The summed E-state index contributed by atoms with van der Waals surface area (Å²) in [5.41, 5.74) is 7.81. The third-order valence-electron chi connectivity index (χ3n) is 10.2. The van der Waals surface area contributed by atoms with Gasteiger partial charge < -0.3 is 4.42 Å². The first-order valence-corrected chi connectivity index (χ1v) is 16.4. The minimum absolute atomic E-state index is 0.160. The molecule has 0 N–H and O–H groups in total. The van der Waals surface area contributed by atoms with Crippen LogP contribution >= 0.6 is 0 Å². The van der Waals surface area contributed by atoms with Gasteiger partial charge in [0, 0.05) is 10.8 Å². The molecule has 1 aromatic heterocycles. The molecule has 51 heavy (non-hydrogen) atoms. The standard InChI is InChI=1S/C42H18B8O/c43-35-31-29(23-14-7-6-13-22(23)19-9-2-1-3-10-19)32-34(38(46)42(50)40(48)36(32)44)30(33(31)37(45)41(49)39(35)47)24-15-8-16-26-28(24)25-17-20-11-4-5-12-21(20)18-27(25)51-26/h1-18H. The Labute approximate surface area is 306 Å². The maximum Gasteiger partial charge on any atom is 0.136 e. The van der Waals surface area contributed by atoms with Crippen molar-refractivity contribution in [2.24, 2.45) is 0 Å². The highest BCUT2D eigenvalue weighted by molar-refractivity contribution is 6.71. The molecule has 0 bridgehead atoms. The molecule has 0 aliphatic rings. The van der Waals surface area contributed by atoms with Gasteiger partial charge in [0.1, 0.15) is 73.9 Å². The molecule has 1 heterocycles. The van der Waals surface area contributed by atoms with Crippen LogP contribution in [0.5, 0.6) is 0 Å². The molecule has 0 saturated carbocycles. The van der Waals surface area contributed by atoms with Gasteiger partial charge in [-0.3, -0.25) is 0 Å². The first-order valence-electron chi connectivity index (χ1n) is 16.4. The fraction of sp³-hybridized carbons (Fsp3) is 0. The summed E-state index contributed by atoms with van der Waals surface area (Å²) in [4.78, 5) is 0. The number of rotatable bonds is 3. The summed E-state index contributed by atoms with van der Waals surface area (Å²) in [5.74, 6) is 0. The van der Waals surface area contributed by atoms with E-state index in [9.17, 15) is 0 Å². The van der Waals surface area contributed by atoms with E-state index in [0.717, 1.165) is 49.4 Å². The Hall–Kier alpha value is -5.14. The number of benzene rings is 8. The molecule has 9 rings (SSSR count). The second-order valence-electron chi connectivity index (χ2n) is 12.9. The zero-order valence-corrected chi connectivity index (χ0v) is 27.4. The molecule has 1 nitrogen and oxygen atoms in total. The fourth-order valence-corrected chi connectivity index (χ4v) is 7.78. The Morgan fingerprint density at radius 1 is 0.333 bits per heavy atom. The second-order valence-corrected chi connectivity index (χ2v) is 12.9. The van der Waals surface area contributed by atoms with E-state index in [0.29, 0.717) is 38.3 Å². The Balaban J connectivity index is 1.58. The summed E-state index contributed by atoms with van der Waals surface area (Å²) in [6, 6.07) is 36.2. The van der Waals surface area contributed by atoms with E-state index in [1.54, 1.807) is 0 Å². The molecule has 0 fully saturated rings. The zero-order chi connectivity index (χ0) is 35.3. The first-order chi connectivity index (χ1) is 24.7. The van der Waals surface area contributed by atoms with Crippen LogP contribution in [0.25, 0.3) is 87.6 Å². The van der Waals surface area contributed by atoms with Crippen LogP contribution in [0.15, 0.2) is 114 Å². The molecule has 0 spiro atoms. The van der Waals surface area contributed by atoms with Crippen molar-refractivity contribution in [3.63, 3.8) is 0 Å². The van der Waals surface area contributed by atoms with Crippen LogP contribution in [0, 0.1) is 0 Å². The lowest BCUT2D eigenvalue weighted by Gasteiger charge is -2.29. The van der Waals surface area contributed by atoms with Gasteiger partial charge in [-0.15, -0.1) is 21.9 Å². The highest BCUT2D eigenvalue weighted by Gasteiger charge is 2.27. The number of hydrogen-bond donors (Lipinski definition) is 0. The number of furan rings is 1. The van der Waals surface area contributed by atoms with Crippen LogP contribution < -0.4 is 43.7 Å². The van der Waals surface area contributed by atoms with Gasteiger partial charge in [0.15, 0.2) is 0 Å². The van der Waals surface area contributed by atoms with Crippen molar-refractivity contribution in [3.8, 4) is 33.4 Å². The van der Waals surface area contributed by atoms with Crippen LogP contribution in [0.1, 0.15) is 0 Å². The van der Waals surface area contributed by atoms with Crippen molar-refractivity contribution in [2.75, 3.05) is 0 Å². The first kappa shape index (κ1) is 31.8. The SMILES string of the molecule is [B]c1c([B])c([B])c2c(-c3cccc4oc5cc6ccccc6cc5c34)c3c([B])c([B])c([B])c([B])c3c(-c3ccccc3-c3ccccc3)c2c1[B]. The lowest BCUT2D eigenvalue weighted by molar-refractivity contribution is 0.669. The maximum absolute atomic E-state index is 7.06. The lowest BCUT2D eigenvalue weighted by Crippen LogP contribution is -2.50. The molecule has 0 saturated heterocycles. The van der Waals surface area contributed by atoms with Crippen LogP contribution in [0.3, 0.4) is 0 Å². The van der Waals surface area contributed by atoms with E-state index < -0.39 is 0 Å². The van der Waals surface area contributed by atoms with Gasteiger partial charge in [0.2, 0.25) is 0 Å². The second kappa shape index (κ2) is 11.7. The highest BCUT2D eigenvalue weighted by Crippen LogP contribution is 2.46. The van der Waals surface area contributed by atoms with E-state index >= 15 is 0 Å². The highest BCUT2D eigenvalue weighted by atomic mass is 16.3. The Kier molecular flexibility index (Phi) is 7.30. The molecule has 0 atom stereocenters.